The van der Waals surface area contributed by atoms with Crippen LogP contribution in [0.5, 0.6) is 0 Å². The largest absolute Gasteiger partial charge is 0.350 e. The summed E-state index contributed by atoms with van der Waals surface area (Å²) in [4.78, 5) is 16.3. The lowest BCUT2D eigenvalue weighted by atomic mass is 10.1. The van der Waals surface area contributed by atoms with Crippen molar-refractivity contribution in [1.82, 2.24) is 15.6 Å². The zero-order chi connectivity index (χ0) is 15.9. The first-order valence-electron chi connectivity index (χ1n) is 7.32. The van der Waals surface area contributed by atoms with Crippen LogP contribution in [0.1, 0.15) is 24.2 Å². The van der Waals surface area contributed by atoms with E-state index >= 15 is 0 Å². The number of rotatable bonds is 6. The highest BCUT2D eigenvalue weighted by atomic mass is 35.5. The van der Waals surface area contributed by atoms with Crippen LogP contribution in [0.15, 0.2) is 42.7 Å². The molecule has 0 saturated heterocycles. The maximum Gasteiger partial charge on any atom is 0.252 e. The molecule has 116 valence electrons. The van der Waals surface area contributed by atoms with Crippen LogP contribution in [0.2, 0.25) is 5.02 Å². The van der Waals surface area contributed by atoms with Gasteiger partial charge in [-0.05, 0) is 37.2 Å². The number of hydrogen-bond acceptors (Lipinski definition) is 3. The van der Waals surface area contributed by atoms with Crippen LogP contribution < -0.4 is 10.6 Å². The van der Waals surface area contributed by atoms with Gasteiger partial charge in [-0.2, -0.15) is 0 Å². The molecule has 2 rings (SSSR count). The van der Waals surface area contributed by atoms with E-state index in [1.54, 1.807) is 12.4 Å². The third-order valence-electron chi connectivity index (χ3n) is 3.30. The van der Waals surface area contributed by atoms with Crippen LogP contribution >= 0.6 is 11.6 Å². The summed E-state index contributed by atoms with van der Waals surface area (Å²) in [6.07, 6.45) is 3.31. The van der Waals surface area contributed by atoms with Crippen LogP contribution in [0, 0.1) is 0 Å². The van der Waals surface area contributed by atoms with Crippen molar-refractivity contribution in [3.63, 3.8) is 0 Å². The monoisotopic (exact) mass is 317 g/mol. The minimum atomic E-state index is -0.118. The number of nitrogens with one attached hydrogen (secondary N) is 2. The standard InChI is InChI=1S/C17H20ClN3O/c1-3-20-12(2)9-21-17(22)15-8-14(10-19-11-15)13-4-6-16(18)7-5-13/h4-8,10-12,20H,3,9H2,1-2H3,(H,21,22)/t12-/m1/s1. The Bertz CT molecular complexity index is 628. The fourth-order valence-corrected chi connectivity index (χ4v) is 2.26. The van der Waals surface area contributed by atoms with Gasteiger partial charge in [0.1, 0.15) is 0 Å². The smallest absolute Gasteiger partial charge is 0.252 e. The van der Waals surface area contributed by atoms with Crippen molar-refractivity contribution < 1.29 is 4.79 Å². The summed E-state index contributed by atoms with van der Waals surface area (Å²) in [5.74, 6) is -0.118. The van der Waals surface area contributed by atoms with E-state index in [0.717, 1.165) is 17.7 Å². The molecule has 1 aromatic carbocycles. The molecule has 0 fully saturated rings. The molecule has 0 aliphatic carbocycles. The zero-order valence-corrected chi connectivity index (χ0v) is 13.5. The molecule has 4 nitrogen and oxygen atoms in total. The van der Waals surface area contributed by atoms with Gasteiger partial charge in [0.2, 0.25) is 0 Å². The number of hydrogen-bond donors (Lipinski definition) is 2. The van der Waals surface area contributed by atoms with Gasteiger partial charge in [-0.15, -0.1) is 0 Å². The molecule has 22 heavy (non-hydrogen) atoms. The molecule has 0 bridgehead atoms. The molecule has 0 aliphatic heterocycles. The van der Waals surface area contributed by atoms with Gasteiger partial charge in [0.05, 0.1) is 5.56 Å². The lowest BCUT2D eigenvalue weighted by Crippen LogP contribution is -2.38. The van der Waals surface area contributed by atoms with Crippen LogP contribution in [-0.4, -0.2) is 30.0 Å². The highest BCUT2D eigenvalue weighted by molar-refractivity contribution is 6.30. The Balaban J connectivity index is 2.07. The van der Waals surface area contributed by atoms with E-state index in [0.29, 0.717) is 17.1 Å². The van der Waals surface area contributed by atoms with Crippen molar-refractivity contribution in [3.8, 4) is 11.1 Å². The maximum absolute atomic E-state index is 12.2. The summed E-state index contributed by atoms with van der Waals surface area (Å²) >= 11 is 5.89. The lowest BCUT2D eigenvalue weighted by Gasteiger charge is -2.13. The topological polar surface area (TPSA) is 54.0 Å². The summed E-state index contributed by atoms with van der Waals surface area (Å²) < 4.78 is 0. The van der Waals surface area contributed by atoms with Crippen molar-refractivity contribution in [2.75, 3.05) is 13.1 Å². The second-order valence-corrected chi connectivity index (χ2v) is 5.57. The minimum absolute atomic E-state index is 0.118. The molecule has 0 spiro atoms. The van der Waals surface area contributed by atoms with Crippen molar-refractivity contribution in [2.45, 2.75) is 19.9 Å². The lowest BCUT2D eigenvalue weighted by molar-refractivity contribution is 0.0950. The molecule has 0 aliphatic rings. The van der Waals surface area contributed by atoms with Gasteiger partial charge in [0.15, 0.2) is 0 Å². The second-order valence-electron chi connectivity index (χ2n) is 5.14. The summed E-state index contributed by atoms with van der Waals surface area (Å²) in [6.45, 7) is 5.53. The summed E-state index contributed by atoms with van der Waals surface area (Å²) in [7, 11) is 0. The molecular formula is C17H20ClN3O. The van der Waals surface area contributed by atoms with E-state index < -0.39 is 0 Å². The highest BCUT2D eigenvalue weighted by Crippen LogP contribution is 2.21. The molecule has 1 heterocycles. The molecule has 1 atom stereocenters. The summed E-state index contributed by atoms with van der Waals surface area (Å²) in [5.41, 5.74) is 2.42. The molecule has 0 unspecified atom stereocenters. The van der Waals surface area contributed by atoms with Crippen LogP contribution in [0.3, 0.4) is 0 Å². The van der Waals surface area contributed by atoms with Gasteiger partial charge in [-0.25, -0.2) is 0 Å². The minimum Gasteiger partial charge on any atom is -0.350 e. The fraction of sp³-hybridized carbons (Fsp3) is 0.294. The molecule has 1 amide bonds. The SMILES string of the molecule is CCN[C@H](C)CNC(=O)c1cncc(-c2ccc(Cl)cc2)c1. The molecule has 0 saturated carbocycles. The van der Waals surface area contributed by atoms with E-state index in [9.17, 15) is 4.79 Å². The first-order valence-corrected chi connectivity index (χ1v) is 7.70. The Morgan fingerprint density at radius 3 is 2.64 bits per heavy atom. The van der Waals surface area contributed by atoms with E-state index in [1.165, 1.54) is 0 Å². The van der Waals surface area contributed by atoms with Crippen molar-refractivity contribution >= 4 is 17.5 Å². The Hall–Kier alpha value is -1.91. The number of likely N-dealkylation sites (N-methyl/N-ethyl adjacent to an activating group) is 1. The Labute approximate surface area is 135 Å². The van der Waals surface area contributed by atoms with Crippen LogP contribution in [-0.2, 0) is 0 Å². The van der Waals surface area contributed by atoms with Crippen molar-refractivity contribution in [2.24, 2.45) is 0 Å². The van der Waals surface area contributed by atoms with Gasteiger partial charge in [-0.3, -0.25) is 9.78 Å². The number of benzene rings is 1. The van der Waals surface area contributed by atoms with Crippen molar-refractivity contribution in [1.29, 1.82) is 0 Å². The Morgan fingerprint density at radius 2 is 1.95 bits per heavy atom. The molecule has 1 aromatic heterocycles. The Kier molecular flexibility index (Phi) is 5.92. The number of nitrogens with zero attached hydrogens (tertiary/aromatic N) is 1. The van der Waals surface area contributed by atoms with Gasteiger partial charge < -0.3 is 10.6 Å². The number of halogens is 1. The predicted molar refractivity (Wildman–Crippen MR) is 90.2 cm³/mol. The second kappa shape index (κ2) is 7.92. The normalized spacial score (nSPS) is 12.0. The van der Waals surface area contributed by atoms with Gasteiger partial charge in [0, 0.05) is 35.6 Å². The van der Waals surface area contributed by atoms with E-state index in [4.69, 9.17) is 11.6 Å². The molecule has 2 N–H and O–H groups in total. The van der Waals surface area contributed by atoms with E-state index in [-0.39, 0.29) is 11.9 Å². The predicted octanol–water partition coefficient (Wildman–Crippen LogP) is 3.13. The van der Waals surface area contributed by atoms with E-state index in [2.05, 4.69) is 15.6 Å². The summed E-state index contributed by atoms with van der Waals surface area (Å²) in [6, 6.07) is 9.54. The van der Waals surface area contributed by atoms with Crippen LogP contribution in [0.4, 0.5) is 0 Å². The molecule has 0 radical (unpaired) electrons. The van der Waals surface area contributed by atoms with Crippen LogP contribution in [0.25, 0.3) is 11.1 Å². The number of pyridine rings is 1. The zero-order valence-electron chi connectivity index (χ0n) is 12.8. The molecule has 2 aromatic rings. The quantitative estimate of drug-likeness (QED) is 0.860. The van der Waals surface area contributed by atoms with Gasteiger partial charge in [-0.1, -0.05) is 30.7 Å². The first kappa shape index (κ1) is 16.5. The van der Waals surface area contributed by atoms with Crippen molar-refractivity contribution in [3.05, 3.63) is 53.3 Å². The Morgan fingerprint density at radius 1 is 1.23 bits per heavy atom. The maximum atomic E-state index is 12.2. The van der Waals surface area contributed by atoms with Gasteiger partial charge >= 0.3 is 0 Å². The average molecular weight is 318 g/mol. The number of carbonyl (C=O) groups excluding carboxylic acids is 1. The van der Waals surface area contributed by atoms with Gasteiger partial charge in [0.25, 0.3) is 5.91 Å². The van der Waals surface area contributed by atoms with E-state index in [1.807, 2.05) is 44.2 Å². The third-order valence-corrected chi connectivity index (χ3v) is 3.55. The molecule has 5 heteroatoms. The summed E-state index contributed by atoms with van der Waals surface area (Å²) in [5, 5.41) is 6.84. The first-order chi connectivity index (χ1) is 10.6. The average Bonchev–Trinajstić information content (AvgIpc) is 2.54. The number of aromatic nitrogens is 1. The number of carbonyl (C=O) groups is 1. The number of amides is 1. The highest BCUT2D eigenvalue weighted by Gasteiger charge is 2.09. The fourth-order valence-electron chi connectivity index (χ4n) is 2.13. The molecular weight excluding hydrogens is 298 g/mol. The third kappa shape index (κ3) is 4.55.